The Morgan fingerprint density at radius 2 is 1.85 bits per heavy atom. The topological polar surface area (TPSA) is 53.1 Å². The quantitative estimate of drug-likeness (QED) is 0.580. The van der Waals surface area contributed by atoms with Crippen molar-refractivity contribution in [1.82, 2.24) is 10.0 Å². The highest BCUT2D eigenvalue weighted by Crippen LogP contribution is 2.42. The monoisotopic (exact) mass is 269 g/mol. The molecule has 2 heterocycles. The van der Waals surface area contributed by atoms with Gasteiger partial charge in [0.25, 0.3) is 0 Å². The van der Waals surface area contributed by atoms with Crippen LogP contribution in [-0.4, -0.2) is 27.4 Å². The lowest BCUT2D eigenvalue weighted by Gasteiger charge is -2.33. The first kappa shape index (κ1) is 14.4. The van der Waals surface area contributed by atoms with Crippen molar-refractivity contribution in [3.63, 3.8) is 0 Å². The van der Waals surface area contributed by atoms with E-state index in [4.69, 9.17) is 0 Å². The van der Waals surface area contributed by atoms with Gasteiger partial charge in [-0.2, -0.15) is 0 Å². The van der Waals surface area contributed by atoms with Gasteiger partial charge in [0.05, 0.1) is 11.1 Å². The number of hydrogen-bond acceptors (Lipinski definition) is 3. The first-order chi connectivity index (χ1) is 9.31. The molecule has 0 spiro atoms. The highest BCUT2D eigenvalue weighted by Gasteiger charge is 2.51. The second kappa shape index (κ2) is 4.86. The van der Waals surface area contributed by atoms with Crippen molar-refractivity contribution in [3.05, 3.63) is 41.2 Å². The Labute approximate surface area is 119 Å². The molecule has 1 aromatic heterocycles. The molecule has 0 saturated heterocycles. The zero-order valence-electron chi connectivity index (χ0n) is 12.1. The van der Waals surface area contributed by atoms with E-state index in [0.29, 0.717) is 16.8 Å². The summed E-state index contributed by atoms with van der Waals surface area (Å²) in [5, 5.41) is 13.3. The van der Waals surface area contributed by atoms with Crippen LogP contribution in [0.1, 0.15) is 33.4 Å². The Bertz CT molecular complexity index is 619. The average Bonchev–Trinajstić information content (AvgIpc) is 2.55. The molecule has 0 atom stereocenters. The zero-order valence-corrected chi connectivity index (χ0v) is 12.1. The zero-order chi connectivity index (χ0) is 15.0. The van der Waals surface area contributed by atoms with Crippen molar-refractivity contribution in [1.29, 1.82) is 0 Å². The number of nitrogens with zero attached hydrogens (tertiary/aromatic N) is 2. The van der Waals surface area contributed by atoms with Gasteiger partial charge in [-0.3, -0.25) is 4.79 Å². The number of hydrogen-bond donors (Lipinski definition) is 0. The van der Waals surface area contributed by atoms with Gasteiger partial charge in [0.1, 0.15) is 12.0 Å². The van der Waals surface area contributed by atoms with Gasteiger partial charge < -0.3 is 0 Å². The van der Waals surface area contributed by atoms with E-state index in [1.165, 1.54) is 0 Å². The van der Waals surface area contributed by atoms with Gasteiger partial charge in [-0.25, -0.2) is 4.98 Å². The average molecular weight is 269 g/mol. The van der Waals surface area contributed by atoms with Crippen LogP contribution in [0.5, 0.6) is 0 Å². The minimum atomic E-state index is -0.862. The van der Waals surface area contributed by atoms with Crippen LogP contribution in [0.25, 0.3) is 0 Å². The van der Waals surface area contributed by atoms with E-state index in [1.54, 1.807) is 40.0 Å². The van der Waals surface area contributed by atoms with Crippen molar-refractivity contribution in [2.45, 2.75) is 38.8 Å². The van der Waals surface area contributed by atoms with Crippen molar-refractivity contribution in [3.8, 4) is 11.8 Å². The molecule has 1 aliphatic heterocycles. The molecule has 1 aliphatic rings. The Balaban J connectivity index is 2.53. The van der Waals surface area contributed by atoms with E-state index in [1.807, 2.05) is 12.1 Å². The largest absolute Gasteiger partial charge is 0.298 e. The molecule has 1 radical (unpaired) electrons. The highest BCUT2D eigenvalue weighted by molar-refractivity contribution is 5.82. The molecule has 0 aliphatic carbocycles. The van der Waals surface area contributed by atoms with Crippen LogP contribution >= 0.6 is 0 Å². The SMILES string of the molecule is CC1(C)C(C#Cc2ccccn2)=C(C=O)C(C)(C)N1[O]. The lowest BCUT2D eigenvalue weighted by molar-refractivity contribution is -0.239. The summed E-state index contributed by atoms with van der Waals surface area (Å²) in [5.41, 5.74) is -0.0525. The lowest BCUT2D eigenvalue weighted by Crippen LogP contribution is -2.47. The maximum absolute atomic E-state index is 12.4. The van der Waals surface area contributed by atoms with Crippen LogP contribution in [0.4, 0.5) is 0 Å². The molecule has 0 amide bonds. The fourth-order valence-corrected chi connectivity index (χ4v) is 2.53. The first-order valence-corrected chi connectivity index (χ1v) is 6.42. The number of rotatable bonds is 1. The fraction of sp³-hybridized carbons (Fsp3) is 0.375. The maximum Gasteiger partial charge on any atom is 0.148 e. The van der Waals surface area contributed by atoms with Crippen LogP contribution in [0.15, 0.2) is 35.5 Å². The second-order valence-electron chi connectivity index (χ2n) is 5.78. The predicted octanol–water partition coefficient (Wildman–Crippen LogP) is 2.15. The third-order valence-corrected chi connectivity index (χ3v) is 3.65. The maximum atomic E-state index is 12.4. The van der Waals surface area contributed by atoms with E-state index < -0.39 is 11.1 Å². The van der Waals surface area contributed by atoms with Gasteiger partial charge in [-0.15, -0.1) is 10.3 Å². The number of hydroxylamine groups is 2. The Morgan fingerprint density at radius 3 is 2.40 bits per heavy atom. The summed E-state index contributed by atoms with van der Waals surface area (Å²) in [6.07, 6.45) is 2.39. The molecule has 0 unspecified atom stereocenters. The summed E-state index contributed by atoms with van der Waals surface area (Å²) in [4.78, 5) is 15.5. The van der Waals surface area contributed by atoms with Crippen LogP contribution in [-0.2, 0) is 10.0 Å². The molecule has 4 heteroatoms. The van der Waals surface area contributed by atoms with Gasteiger partial charge in [-0.05, 0) is 45.7 Å². The molecule has 0 saturated carbocycles. The van der Waals surface area contributed by atoms with Crippen LogP contribution in [0.2, 0.25) is 0 Å². The van der Waals surface area contributed by atoms with Crippen molar-refractivity contribution in [2.24, 2.45) is 0 Å². The molecule has 20 heavy (non-hydrogen) atoms. The predicted molar refractivity (Wildman–Crippen MR) is 74.9 cm³/mol. The molecule has 0 fully saturated rings. The Kier molecular flexibility index (Phi) is 3.51. The number of carbonyl (C=O) groups excluding carboxylic acids is 1. The molecular formula is C16H17N2O2. The Morgan fingerprint density at radius 1 is 1.15 bits per heavy atom. The summed E-state index contributed by atoms with van der Waals surface area (Å²) in [7, 11) is 0. The van der Waals surface area contributed by atoms with Gasteiger partial charge >= 0.3 is 0 Å². The molecule has 0 bridgehead atoms. The third kappa shape index (κ3) is 2.15. The smallest absolute Gasteiger partial charge is 0.148 e. The van der Waals surface area contributed by atoms with E-state index in [0.717, 1.165) is 11.3 Å². The second-order valence-corrected chi connectivity index (χ2v) is 5.78. The van der Waals surface area contributed by atoms with Gasteiger partial charge in [-0.1, -0.05) is 12.0 Å². The standard InChI is InChI=1S/C16H17N2O2/c1-15(2)13(9-8-12-7-5-6-10-17-12)14(11-19)16(3,4)18(15)20/h5-7,10-11H,1-4H3. The third-order valence-electron chi connectivity index (χ3n) is 3.65. The van der Waals surface area contributed by atoms with Crippen LogP contribution in [0.3, 0.4) is 0 Å². The lowest BCUT2D eigenvalue weighted by atomic mass is 9.91. The van der Waals surface area contributed by atoms with Crippen LogP contribution < -0.4 is 0 Å². The first-order valence-electron chi connectivity index (χ1n) is 6.42. The minimum absolute atomic E-state index is 0.445. The van der Waals surface area contributed by atoms with E-state index >= 15 is 0 Å². The van der Waals surface area contributed by atoms with Crippen molar-refractivity contribution >= 4 is 6.29 Å². The molecule has 0 aromatic carbocycles. The fourth-order valence-electron chi connectivity index (χ4n) is 2.53. The number of carbonyl (C=O) groups is 1. The number of pyridine rings is 1. The molecule has 2 rings (SSSR count). The summed E-state index contributed by atoms with van der Waals surface area (Å²) < 4.78 is 0. The highest BCUT2D eigenvalue weighted by atomic mass is 16.5. The van der Waals surface area contributed by atoms with E-state index in [9.17, 15) is 10.0 Å². The van der Waals surface area contributed by atoms with Crippen molar-refractivity contribution in [2.75, 3.05) is 0 Å². The number of aromatic nitrogens is 1. The van der Waals surface area contributed by atoms with Gasteiger partial charge in [0.15, 0.2) is 0 Å². The van der Waals surface area contributed by atoms with E-state index in [2.05, 4.69) is 16.8 Å². The minimum Gasteiger partial charge on any atom is -0.298 e. The summed E-state index contributed by atoms with van der Waals surface area (Å²) in [6, 6.07) is 5.44. The summed E-state index contributed by atoms with van der Waals surface area (Å²) >= 11 is 0. The molecule has 0 N–H and O–H groups in total. The number of aldehydes is 1. The molecular weight excluding hydrogens is 252 g/mol. The molecule has 4 nitrogen and oxygen atoms in total. The normalized spacial score (nSPS) is 20.4. The van der Waals surface area contributed by atoms with Gasteiger partial charge in [0.2, 0.25) is 0 Å². The van der Waals surface area contributed by atoms with E-state index in [-0.39, 0.29) is 0 Å². The van der Waals surface area contributed by atoms with Gasteiger partial charge in [0, 0.05) is 17.3 Å². The summed E-state index contributed by atoms with van der Waals surface area (Å²) in [6.45, 7) is 7.03. The van der Waals surface area contributed by atoms with Crippen LogP contribution in [0, 0.1) is 11.8 Å². The summed E-state index contributed by atoms with van der Waals surface area (Å²) in [5.74, 6) is 5.89. The Hall–Kier alpha value is -1.96. The molecule has 103 valence electrons. The molecule has 1 aromatic rings. The van der Waals surface area contributed by atoms with Crippen molar-refractivity contribution < 1.29 is 10.0 Å².